The predicted molar refractivity (Wildman–Crippen MR) is 167 cm³/mol. The van der Waals surface area contributed by atoms with E-state index in [1.807, 2.05) is 30.3 Å². The Labute approximate surface area is 239 Å². The summed E-state index contributed by atoms with van der Waals surface area (Å²) < 4.78 is 6.54. The summed E-state index contributed by atoms with van der Waals surface area (Å²) in [6, 6.07) is 40.4. The highest BCUT2D eigenvalue weighted by atomic mass is 16.3. The van der Waals surface area contributed by atoms with Crippen molar-refractivity contribution in [1.82, 2.24) is 4.98 Å². The fourth-order valence-corrected chi connectivity index (χ4v) is 6.62. The molecule has 0 fully saturated rings. The normalized spacial score (nSPS) is 17.5. The maximum Gasteiger partial charge on any atom is 0.227 e. The van der Waals surface area contributed by atoms with Crippen LogP contribution in [0.2, 0.25) is 0 Å². The molecule has 1 aromatic heterocycles. The van der Waals surface area contributed by atoms with E-state index in [0.717, 1.165) is 45.7 Å². The Morgan fingerprint density at radius 1 is 0.780 bits per heavy atom. The molecule has 0 bridgehead atoms. The second kappa shape index (κ2) is 9.31. The highest BCUT2D eigenvalue weighted by Crippen LogP contribution is 2.47. The average Bonchev–Trinajstić information content (AvgIpc) is 3.46. The van der Waals surface area contributed by atoms with Crippen molar-refractivity contribution >= 4 is 28.2 Å². The van der Waals surface area contributed by atoms with Crippen LogP contribution >= 0.6 is 0 Å². The second-order valence-corrected chi connectivity index (χ2v) is 11.2. The Morgan fingerprint density at radius 3 is 2.32 bits per heavy atom. The van der Waals surface area contributed by atoms with Crippen molar-refractivity contribution < 1.29 is 4.42 Å². The Kier molecular flexibility index (Phi) is 5.42. The smallest absolute Gasteiger partial charge is 0.227 e. The first-order valence-corrected chi connectivity index (χ1v) is 14.2. The molecule has 0 saturated heterocycles. The standard InChI is InChI=1S/C37H29N3O/c1-23-21-26-18-20-31-36(41-37(39-31)25-13-7-4-8-14-25)33(26)29-22-27(17-19-28(23)29)35-34(24-11-5-3-6-12-24)38-30-15-9-10-16-32(30)40(35)2/h3-20,22-23,35H,21H2,1-2H3. The third-order valence-corrected chi connectivity index (χ3v) is 8.60. The van der Waals surface area contributed by atoms with E-state index in [0.29, 0.717) is 11.8 Å². The Balaban J connectivity index is 1.33. The Bertz CT molecular complexity index is 1960. The van der Waals surface area contributed by atoms with E-state index in [9.17, 15) is 0 Å². The number of oxazole rings is 1. The lowest BCUT2D eigenvalue weighted by Gasteiger charge is -2.37. The first-order chi connectivity index (χ1) is 20.2. The van der Waals surface area contributed by atoms with Gasteiger partial charge in [-0.25, -0.2) is 9.98 Å². The first-order valence-electron chi connectivity index (χ1n) is 14.2. The molecule has 0 amide bonds. The van der Waals surface area contributed by atoms with Crippen LogP contribution in [-0.2, 0) is 6.42 Å². The van der Waals surface area contributed by atoms with Crippen molar-refractivity contribution in [2.24, 2.45) is 4.99 Å². The van der Waals surface area contributed by atoms with Crippen molar-refractivity contribution in [2.75, 3.05) is 11.9 Å². The molecule has 0 saturated carbocycles. The van der Waals surface area contributed by atoms with Crippen LogP contribution in [0.25, 0.3) is 33.7 Å². The quantitative estimate of drug-likeness (QED) is 0.229. The summed E-state index contributed by atoms with van der Waals surface area (Å²) in [5.41, 5.74) is 13.3. The minimum Gasteiger partial charge on any atom is -0.435 e. The number of aliphatic imine (C=N–C) groups is 1. The number of anilines is 1. The van der Waals surface area contributed by atoms with Crippen LogP contribution in [0, 0.1) is 0 Å². The third kappa shape index (κ3) is 3.82. The minimum atomic E-state index is -0.0351. The van der Waals surface area contributed by atoms with Crippen molar-refractivity contribution in [2.45, 2.75) is 25.3 Å². The van der Waals surface area contributed by atoms with E-state index in [2.05, 4.69) is 104 Å². The number of likely N-dealkylation sites (N-methyl/N-ethyl adjacent to an activating group) is 1. The first kappa shape index (κ1) is 23.9. The lowest BCUT2D eigenvalue weighted by atomic mass is 9.77. The van der Waals surface area contributed by atoms with Crippen molar-refractivity contribution in [1.29, 1.82) is 0 Å². The highest BCUT2D eigenvalue weighted by molar-refractivity contribution is 6.10. The molecule has 4 nitrogen and oxygen atoms in total. The van der Waals surface area contributed by atoms with Gasteiger partial charge in [0, 0.05) is 18.2 Å². The van der Waals surface area contributed by atoms with Gasteiger partial charge in [0.2, 0.25) is 5.89 Å². The SMILES string of the molecule is CC1Cc2ccc3nc(-c4ccccc4)oc3c2-c2cc(C3C(c4ccccc4)=Nc4ccccc4N3C)ccc21. The lowest BCUT2D eigenvalue weighted by molar-refractivity contribution is 0.619. The van der Waals surface area contributed by atoms with Crippen molar-refractivity contribution in [3.63, 3.8) is 0 Å². The van der Waals surface area contributed by atoms with E-state index >= 15 is 0 Å². The molecule has 41 heavy (non-hydrogen) atoms. The maximum absolute atomic E-state index is 6.54. The molecule has 1 aliphatic carbocycles. The van der Waals surface area contributed by atoms with Crippen LogP contribution in [0.4, 0.5) is 11.4 Å². The zero-order chi connectivity index (χ0) is 27.5. The number of hydrogen-bond acceptors (Lipinski definition) is 4. The topological polar surface area (TPSA) is 41.6 Å². The summed E-state index contributed by atoms with van der Waals surface area (Å²) in [5.74, 6) is 1.07. The number of para-hydroxylation sites is 2. The van der Waals surface area contributed by atoms with Gasteiger partial charge in [0.05, 0.1) is 23.1 Å². The second-order valence-electron chi connectivity index (χ2n) is 11.2. The largest absolute Gasteiger partial charge is 0.435 e. The zero-order valence-electron chi connectivity index (χ0n) is 23.1. The Morgan fingerprint density at radius 2 is 1.51 bits per heavy atom. The number of aromatic nitrogens is 1. The molecule has 2 heterocycles. The van der Waals surface area contributed by atoms with E-state index in [1.165, 1.54) is 27.8 Å². The average molecular weight is 532 g/mol. The van der Waals surface area contributed by atoms with Gasteiger partial charge in [-0.2, -0.15) is 0 Å². The monoisotopic (exact) mass is 531 g/mol. The molecule has 0 radical (unpaired) electrons. The van der Waals surface area contributed by atoms with Crippen LogP contribution in [0.3, 0.4) is 0 Å². The van der Waals surface area contributed by atoms with Gasteiger partial charge in [-0.1, -0.05) is 85.8 Å². The maximum atomic E-state index is 6.54. The molecule has 2 unspecified atom stereocenters. The van der Waals surface area contributed by atoms with Crippen LogP contribution in [0.1, 0.15) is 41.1 Å². The molecule has 5 aromatic carbocycles. The fourth-order valence-electron chi connectivity index (χ4n) is 6.62. The van der Waals surface area contributed by atoms with Gasteiger partial charge in [0.15, 0.2) is 5.58 Å². The Hall–Kier alpha value is -4.96. The predicted octanol–water partition coefficient (Wildman–Crippen LogP) is 9.13. The molecule has 0 spiro atoms. The van der Waals surface area contributed by atoms with Gasteiger partial charge >= 0.3 is 0 Å². The van der Waals surface area contributed by atoms with Gasteiger partial charge in [-0.15, -0.1) is 0 Å². The van der Waals surface area contributed by atoms with E-state index < -0.39 is 0 Å². The van der Waals surface area contributed by atoms with E-state index in [4.69, 9.17) is 14.4 Å². The van der Waals surface area contributed by atoms with Crippen LogP contribution in [0.15, 0.2) is 125 Å². The summed E-state index contributed by atoms with van der Waals surface area (Å²) in [5, 5.41) is 0. The molecular weight excluding hydrogens is 502 g/mol. The van der Waals surface area contributed by atoms with Gasteiger partial charge < -0.3 is 9.32 Å². The molecule has 0 N–H and O–H groups in total. The molecule has 2 atom stereocenters. The van der Waals surface area contributed by atoms with Gasteiger partial charge in [0.25, 0.3) is 0 Å². The van der Waals surface area contributed by atoms with E-state index in [-0.39, 0.29) is 6.04 Å². The molecule has 6 aromatic rings. The summed E-state index contributed by atoms with van der Waals surface area (Å²) in [6.07, 6.45) is 0.979. The van der Waals surface area contributed by atoms with Crippen LogP contribution < -0.4 is 4.90 Å². The third-order valence-electron chi connectivity index (χ3n) is 8.60. The number of benzene rings is 5. The lowest BCUT2D eigenvalue weighted by Crippen LogP contribution is -2.34. The fraction of sp³-hybridized carbons (Fsp3) is 0.135. The molecule has 2 aliphatic rings. The summed E-state index contributed by atoms with van der Waals surface area (Å²) in [4.78, 5) is 12.5. The number of fused-ring (bicyclic) bond motifs is 6. The minimum absolute atomic E-state index is 0.0351. The number of nitrogens with zero attached hydrogens (tertiary/aromatic N) is 3. The van der Waals surface area contributed by atoms with Crippen molar-refractivity contribution in [3.8, 4) is 22.6 Å². The molecule has 1 aliphatic heterocycles. The molecule has 198 valence electrons. The van der Waals surface area contributed by atoms with Crippen LogP contribution in [0.5, 0.6) is 0 Å². The molecule has 4 heteroatoms. The summed E-state index contributed by atoms with van der Waals surface area (Å²) in [7, 11) is 2.18. The van der Waals surface area contributed by atoms with Crippen LogP contribution in [-0.4, -0.2) is 17.7 Å². The number of hydrogen-bond donors (Lipinski definition) is 0. The van der Waals surface area contributed by atoms with Gasteiger partial charge in [-0.05, 0) is 76.6 Å². The van der Waals surface area contributed by atoms with Crippen molar-refractivity contribution in [3.05, 3.63) is 138 Å². The highest BCUT2D eigenvalue weighted by Gasteiger charge is 2.32. The molecular formula is C37H29N3O. The van der Waals surface area contributed by atoms with Gasteiger partial charge in [0.1, 0.15) is 5.52 Å². The number of rotatable bonds is 3. The summed E-state index contributed by atoms with van der Waals surface area (Å²) >= 11 is 0. The van der Waals surface area contributed by atoms with E-state index in [1.54, 1.807) is 0 Å². The zero-order valence-corrected chi connectivity index (χ0v) is 23.1. The molecule has 8 rings (SSSR count). The van der Waals surface area contributed by atoms with Gasteiger partial charge in [-0.3, -0.25) is 0 Å². The summed E-state index contributed by atoms with van der Waals surface area (Å²) in [6.45, 7) is 2.32.